The summed E-state index contributed by atoms with van der Waals surface area (Å²) >= 11 is 0. The van der Waals surface area contributed by atoms with Gasteiger partial charge in [0.1, 0.15) is 5.75 Å². The molecule has 1 unspecified atom stereocenters. The standard InChI is InChI=1S/C15H22N2O2.ClH/c1-12(19-14-6-4-3-5-7-14)15(18)17-10-8-13(16-2)9-11-17;/h3-7,12-13,16H,8-11H2,1-2H3;1H. The molecule has 1 aromatic carbocycles. The van der Waals surface area contributed by atoms with Crippen molar-refractivity contribution < 1.29 is 9.53 Å². The molecular formula is C15H23ClN2O2. The normalized spacial score (nSPS) is 17.2. The van der Waals surface area contributed by atoms with E-state index in [4.69, 9.17) is 4.74 Å². The van der Waals surface area contributed by atoms with E-state index in [-0.39, 0.29) is 18.3 Å². The Balaban J connectivity index is 0.00000200. The zero-order valence-electron chi connectivity index (χ0n) is 12.0. The van der Waals surface area contributed by atoms with Crippen LogP contribution < -0.4 is 10.1 Å². The molecule has 1 aliphatic heterocycles. The molecule has 0 saturated carbocycles. The number of likely N-dealkylation sites (tertiary alicyclic amines) is 1. The van der Waals surface area contributed by atoms with Crippen LogP contribution in [0.5, 0.6) is 5.75 Å². The van der Waals surface area contributed by atoms with Gasteiger partial charge in [0.2, 0.25) is 0 Å². The summed E-state index contributed by atoms with van der Waals surface area (Å²) in [6.07, 6.45) is 1.61. The van der Waals surface area contributed by atoms with Crippen LogP contribution in [0, 0.1) is 0 Å². The second kappa shape index (κ2) is 8.12. The Morgan fingerprint density at radius 2 is 1.90 bits per heavy atom. The molecule has 0 aliphatic carbocycles. The summed E-state index contributed by atoms with van der Waals surface area (Å²) in [6.45, 7) is 3.44. The third kappa shape index (κ3) is 4.39. The number of piperidine rings is 1. The number of amides is 1. The summed E-state index contributed by atoms with van der Waals surface area (Å²) in [5.41, 5.74) is 0. The van der Waals surface area contributed by atoms with E-state index in [1.807, 2.05) is 49.2 Å². The molecular weight excluding hydrogens is 276 g/mol. The predicted molar refractivity (Wildman–Crippen MR) is 82.4 cm³/mol. The molecule has 0 aromatic heterocycles. The topological polar surface area (TPSA) is 41.6 Å². The van der Waals surface area contributed by atoms with Gasteiger partial charge in [-0.15, -0.1) is 12.4 Å². The molecule has 1 amide bonds. The number of nitrogens with one attached hydrogen (secondary N) is 1. The average Bonchev–Trinajstić information content (AvgIpc) is 2.47. The fraction of sp³-hybridized carbons (Fsp3) is 0.533. The van der Waals surface area contributed by atoms with Gasteiger partial charge in [0.15, 0.2) is 6.10 Å². The number of carbonyl (C=O) groups excluding carboxylic acids is 1. The molecule has 20 heavy (non-hydrogen) atoms. The van der Waals surface area contributed by atoms with Crippen LogP contribution in [-0.2, 0) is 4.79 Å². The number of hydrogen-bond acceptors (Lipinski definition) is 3. The number of carbonyl (C=O) groups is 1. The zero-order valence-corrected chi connectivity index (χ0v) is 12.9. The first-order valence-corrected chi connectivity index (χ1v) is 6.88. The second-order valence-electron chi connectivity index (χ2n) is 4.96. The lowest BCUT2D eigenvalue weighted by atomic mass is 10.0. The molecule has 4 nitrogen and oxygen atoms in total. The van der Waals surface area contributed by atoms with Crippen molar-refractivity contribution >= 4 is 18.3 Å². The zero-order chi connectivity index (χ0) is 13.7. The van der Waals surface area contributed by atoms with Crippen molar-refractivity contribution in [3.05, 3.63) is 30.3 Å². The number of ether oxygens (including phenoxy) is 1. The highest BCUT2D eigenvalue weighted by molar-refractivity contribution is 5.85. The first-order valence-electron chi connectivity index (χ1n) is 6.88. The molecule has 1 saturated heterocycles. The minimum absolute atomic E-state index is 0. The molecule has 1 aliphatic rings. The van der Waals surface area contributed by atoms with Crippen LogP contribution in [0.15, 0.2) is 30.3 Å². The molecule has 5 heteroatoms. The van der Waals surface area contributed by atoms with Gasteiger partial charge in [-0.3, -0.25) is 4.79 Å². The van der Waals surface area contributed by atoms with Crippen LogP contribution >= 0.6 is 12.4 Å². The maximum Gasteiger partial charge on any atom is 0.263 e. The van der Waals surface area contributed by atoms with E-state index < -0.39 is 6.10 Å². The van der Waals surface area contributed by atoms with E-state index in [1.54, 1.807) is 0 Å². The third-order valence-corrected chi connectivity index (χ3v) is 3.62. The van der Waals surface area contributed by atoms with Crippen LogP contribution in [0.2, 0.25) is 0 Å². The van der Waals surface area contributed by atoms with Crippen LogP contribution in [-0.4, -0.2) is 43.1 Å². The van der Waals surface area contributed by atoms with Gasteiger partial charge in [-0.05, 0) is 38.9 Å². The Hall–Kier alpha value is -1.26. The van der Waals surface area contributed by atoms with Crippen molar-refractivity contribution in [3.63, 3.8) is 0 Å². The summed E-state index contributed by atoms with van der Waals surface area (Å²) in [6, 6.07) is 10.0. The molecule has 1 aromatic rings. The van der Waals surface area contributed by atoms with E-state index in [1.165, 1.54) is 0 Å². The van der Waals surface area contributed by atoms with E-state index >= 15 is 0 Å². The summed E-state index contributed by atoms with van der Waals surface area (Å²) in [5, 5.41) is 3.26. The van der Waals surface area contributed by atoms with Crippen LogP contribution in [0.1, 0.15) is 19.8 Å². The number of hydrogen-bond donors (Lipinski definition) is 1. The van der Waals surface area contributed by atoms with Gasteiger partial charge in [-0.25, -0.2) is 0 Å². The van der Waals surface area contributed by atoms with Crippen molar-refractivity contribution in [3.8, 4) is 5.75 Å². The van der Waals surface area contributed by atoms with Gasteiger partial charge < -0.3 is 15.0 Å². The molecule has 112 valence electrons. The van der Waals surface area contributed by atoms with E-state index in [2.05, 4.69) is 5.32 Å². The number of rotatable bonds is 4. The van der Waals surface area contributed by atoms with Gasteiger partial charge >= 0.3 is 0 Å². The van der Waals surface area contributed by atoms with Crippen LogP contribution in [0.3, 0.4) is 0 Å². The molecule has 1 heterocycles. The fourth-order valence-electron chi connectivity index (χ4n) is 2.40. The monoisotopic (exact) mass is 298 g/mol. The Bertz CT molecular complexity index is 406. The minimum atomic E-state index is -0.423. The fourth-order valence-corrected chi connectivity index (χ4v) is 2.40. The lowest BCUT2D eigenvalue weighted by Crippen LogP contribution is -2.48. The van der Waals surface area contributed by atoms with Crippen molar-refractivity contribution in [2.24, 2.45) is 0 Å². The maximum absolute atomic E-state index is 12.3. The molecule has 1 N–H and O–H groups in total. The van der Waals surface area contributed by atoms with Crippen LogP contribution in [0.4, 0.5) is 0 Å². The van der Waals surface area contributed by atoms with Gasteiger partial charge in [-0.1, -0.05) is 18.2 Å². The molecule has 2 rings (SSSR count). The van der Waals surface area contributed by atoms with Gasteiger partial charge in [0.05, 0.1) is 0 Å². The summed E-state index contributed by atoms with van der Waals surface area (Å²) in [5.74, 6) is 0.826. The number of para-hydroxylation sites is 1. The van der Waals surface area contributed by atoms with Crippen molar-refractivity contribution in [2.45, 2.75) is 31.9 Å². The molecule has 0 bridgehead atoms. The Morgan fingerprint density at radius 1 is 1.30 bits per heavy atom. The summed E-state index contributed by atoms with van der Waals surface area (Å²) in [7, 11) is 1.98. The first-order chi connectivity index (χ1) is 9.20. The third-order valence-electron chi connectivity index (χ3n) is 3.62. The lowest BCUT2D eigenvalue weighted by Gasteiger charge is -2.33. The molecule has 1 fully saturated rings. The smallest absolute Gasteiger partial charge is 0.263 e. The molecule has 1 atom stereocenters. The van der Waals surface area contributed by atoms with E-state index in [0.717, 1.165) is 31.7 Å². The van der Waals surface area contributed by atoms with Crippen LogP contribution in [0.25, 0.3) is 0 Å². The Kier molecular flexibility index (Phi) is 6.82. The minimum Gasteiger partial charge on any atom is -0.481 e. The number of benzene rings is 1. The van der Waals surface area contributed by atoms with Crippen molar-refractivity contribution in [2.75, 3.05) is 20.1 Å². The van der Waals surface area contributed by atoms with Gasteiger partial charge in [-0.2, -0.15) is 0 Å². The SMILES string of the molecule is CNC1CCN(C(=O)C(C)Oc2ccccc2)CC1.Cl. The summed E-state index contributed by atoms with van der Waals surface area (Å²) in [4.78, 5) is 14.2. The number of halogens is 1. The van der Waals surface area contributed by atoms with E-state index in [9.17, 15) is 4.79 Å². The lowest BCUT2D eigenvalue weighted by molar-refractivity contribution is -0.139. The number of nitrogens with zero attached hydrogens (tertiary/aromatic N) is 1. The van der Waals surface area contributed by atoms with Crippen molar-refractivity contribution in [1.82, 2.24) is 10.2 Å². The highest BCUT2D eigenvalue weighted by Gasteiger charge is 2.26. The maximum atomic E-state index is 12.3. The second-order valence-corrected chi connectivity index (χ2v) is 4.96. The quantitative estimate of drug-likeness (QED) is 0.925. The molecule has 0 spiro atoms. The van der Waals surface area contributed by atoms with Crippen molar-refractivity contribution in [1.29, 1.82) is 0 Å². The average molecular weight is 299 g/mol. The molecule has 0 radical (unpaired) electrons. The first kappa shape index (κ1) is 16.8. The van der Waals surface area contributed by atoms with E-state index in [0.29, 0.717) is 6.04 Å². The Morgan fingerprint density at radius 3 is 2.45 bits per heavy atom. The van der Waals surface area contributed by atoms with Gasteiger partial charge in [0, 0.05) is 19.1 Å². The highest BCUT2D eigenvalue weighted by atomic mass is 35.5. The highest BCUT2D eigenvalue weighted by Crippen LogP contribution is 2.15. The van der Waals surface area contributed by atoms with Gasteiger partial charge in [0.25, 0.3) is 5.91 Å². The Labute approximate surface area is 126 Å². The summed E-state index contributed by atoms with van der Waals surface area (Å²) < 4.78 is 5.68. The predicted octanol–water partition coefficient (Wildman–Crippen LogP) is 2.09. The largest absolute Gasteiger partial charge is 0.481 e.